The number of aromatic amines is 1. The largest absolute Gasteiger partial charge is 0.507 e. The number of amides is 2. The minimum atomic E-state index is -0.379. The van der Waals surface area contributed by atoms with Crippen LogP contribution < -0.4 is 15.4 Å². The lowest BCUT2D eigenvalue weighted by molar-refractivity contribution is -0.118. The Morgan fingerprint density at radius 1 is 1.34 bits per heavy atom. The second-order valence-electron chi connectivity index (χ2n) is 9.83. The number of nitrogens with zero attached hydrogens (tertiary/aromatic N) is 2. The number of hydrogen-bond donors (Lipinski definition) is 4. The van der Waals surface area contributed by atoms with E-state index in [1.807, 2.05) is 20.8 Å². The van der Waals surface area contributed by atoms with Gasteiger partial charge in [0.05, 0.1) is 5.56 Å². The number of hydrogen-bond acceptors (Lipinski definition) is 7. The molecule has 188 valence electrons. The molecule has 0 bridgehead atoms. The summed E-state index contributed by atoms with van der Waals surface area (Å²) in [6, 6.07) is 6.71. The van der Waals surface area contributed by atoms with Crippen molar-refractivity contribution >= 4 is 24.0 Å². The second kappa shape index (κ2) is 10.4. The van der Waals surface area contributed by atoms with E-state index in [1.165, 1.54) is 6.07 Å². The first-order valence-electron chi connectivity index (χ1n) is 12.0. The maximum atomic E-state index is 12.4. The highest BCUT2D eigenvalue weighted by atomic mass is 16.6. The maximum absolute atomic E-state index is 12.4. The van der Waals surface area contributed by atoms with Gasteiger partial charge in [0.25, 0.3) is 5.91 Å². The molecular weight excluding hydrogens is 450 g/mol. The highest BCUT2D eigenvalue weighted by Crippen LogP contribution is 2.37. The molecule has 4 N–H and O–H groups in total. The number of benzene rings is 1. The Hall–Kier alpha value is -3.56. The zero-order valence-corrected chi connectivity index (χ0v) is 20.3. The normalized spacial score (nSPS) is 20.7. The van der Waals surface area contributed by atoms with Gasteiger partial charge < -0.3 is 25.2 Å². The van der Waals surface area contributed by atoms with Crippen LogP contribution in [-0.2, 0) is 9.53 Å². The van der Waals surface area contributed by atoms with Crippen molar-refractivity contribution in [2.45, 2.75) is 76.5 Å². The summed E-state index contributed by atoms with van der Waals surface area (Å²) in [5, 5.41) is 22.9. The van der Waals surface area contributed by atoms with E-state index in [0.29, 0.717) is 23.6 Å². The summed E-state index contributed by atoms with van der Waals surface area (Å²) in [4.78, 5) is 28.8. The van der Waals surface area contributed by atoms with Crippen LogP contribution in [0.25, 0.3) is 0 Å². The van der Waals surface area contributed by atoms with Crippen molar-refractivity contribution in [1.29, 1.82) is 0 Å². The molecule has 2 fully saturated rings. The molecule has 10 heteroatoms. The summed E-state index contributed by atoms with van der Waals surface area (Å²) >= 11 is 0. The van der Waals surface area contributed by atoms with Crippen LogP contribution in [0.2, 0.25) is 0 Å². The van der Waals surface area contributed by atoms with Gasteiger partial charge in [-0.25, -0.2) is 4.79 Å². The van der Waals surface area contributed by atoms with Crippen LogP contribution in [0, 0.1) is 0 Å². The summed E-state index contributed by atoms with van der Waals surface area (Å²) in [5.74, 6) is 0.589. The molecule has 2 aromatic rings. The highest BCUT2D eigenvalue weighted by Gasteiger charge is 2.40. The number of phenols is 1. The van der Waals surface area contributed by atoms with Crippen LogP contribution in [-0.4, -0.2) is 57.8 Å². The molecule has 0 spiro atoms. The number of aromatic nitrogens is 2. The number of ether oxygens (including phenoxy) is 2. The molecule has 1 aromatic heterocycles. The number of carbonyl (C=O) groups excluding carboxylic acids is 2. The Labute approximate surface area is 204 Å². The first-order chi connectivity index (χ1) is 16.7. The summed E-state index contributed by atoms with van der Waals surface area (Å²) in [6.07, 6.45) is 5.41. The van der Waals surface area contributed by atoms with Crippen LogP contribution >= 0.6 is 0 Å². The number of H-pyrrole nitrogens is 1. The molecule has 2 atom stereocenters. The third-order valence-corrected chi connectivity index (χ3v) is 6.27. The molecule has 0 aliphatic heterocycles. The van der Waals surface area contributed by atoms with Gasteiger partial charge in [0.15, 0.2) is 12.4 Å². The number of anilines is 1. The van der Waals surface area contributed by atoms with E-state index in [1.54, 1.807) is 24.4 Å². The Balaban J connectivity index is 1.26. The summed E-state index contributed by atoms with van der Waals surface area (Å²) in [6.45, 7) is 5.61. The first kappa shape index (κ1) is 24.6. The Morgan fingerprint density at radius 3 is 2.89 bits per heavy atom. The lowest BCUT2D eigenvalue weighted by atomic mass is 10.0. The van der Waals surface area contributed by atoms with Gasteiger partial charge >= 0.3 is 6.09 Å². The minimum Gasteiger partial charge on any atom is -0.507 e. The van der Waals surface area contributed by atoms with Crippen LogP contribution in [0.3, 0.4) is 0 Å². The SMILES string of the molecule is CC(C)/N=C/c1c(O)cccc1OCC(=O)Nc1cc([C@H]2CC[C@@H](OC(=O)NC3(C)CC3)C2)[nH]n1. The zero-order valence-electron chi connectivity index (χ0n) is 20.3. The van der Waals surface area contributed by atoms with Crippen molar-refractivity contribution in [3.8, 4) is 11.5 Å². The average Bonchev–Trinajstić information content (AvgIpc) is 3.15. The lowest BCUT2D eigenvalue weighted by Gasteiger charge is -2.16. The van der Waals surface area contributed by atoms with Crippen molar-refractivity contribution in [2.24, 2.45) is 4.99 Å². The quantitative estimate of drug-likeness (QED) is 0.400. The molecule has 2 saturated carbocycles. The molecule has 2 amide bonds. The Morgan fingerprint density at radius 2 is 2.14 bits per heavy atom. The number of carbonyl (C=O) groups is 2. The zero-order chi connectivity index (χ0) is 25.0. The third kappa shape index (κ3) is 6.74. The van der Waals surface area contributed by atoms with Crippen LogP contribution in [0.15, 0.2) is 29.3 Å². The summed E-state index contributed by atoms with van der Waals surface area (Å²) < 4.78 is 11.2. The second-order valence-corrected chi connectivity index (χ2v) is 9.83. The Kier molecular flexibility index (Phi) is 7.28. The van der Waals surface area contributed by atoms with Gasteiger partial charge in [-0.1, -0.05) is 6.07 Å². The fourth-order valence-corrected chi connectivity index (χ4v) is 4.01. The number of aliphatic imine (C=N–C) groups is 1. The van der Waals surface area contributed by atoms with Crippen molar-refractivity contribution in [3.63, 3.8) is 0 Å². The fourth-order valence-electron chi connectivity index (χ4n) is 4.01. The predicted octanol–water partition coefficient (Wildman–Crippen LogP) is 3.87. The van der Waals surface area contributed by atoms with Crippen molar-refractivity contribution in [1.82, 2.24) is 15.5 Å². The molecule has 35 heavy (non-hydrogen) atoms. The summed E-state index contributed by atoms with van der Waals surface area (Å²) in [5.41, 5.74) is 1.22. The van der Waals surface area contributed by atoms with Crippen LogP contribution in [0.5, 0.6) is 11.5 Å². The van der Waals surface area contributed by atoms with Gasteiger partial charge in [-0.3, -0.25) is 14.9 Å². The van der Waals surface area contributed by atoms with E-state index in [9.17, 15) is 14.7 Å². The van der Waals surface area contributed by atoms with E-state index in [0.717, 1.165) is 31.4 Å². The molecule has 0 radical (unpaired) electrons. The van der Waals surface area contributed by atoms with E-state index < -0.39 is 0 Å². The van der Waals surface area contributed by atoms with E-state index >= 15 is 0 Å². The molecule has 2 aliphatic rings. The van der Waals surface area contributed by atoms with Crippen molar-refractivity contribution in [3.05, 3.63) is 35.5 Å². The van der Waals surface area contributed by atoms with Crippen LogP contribution in [0.1, 0.15) is 70.1 Å². The molecule has 2 aliphatic carbocycles. The fraction of sp³-hybridized carbons (Fsp3) is 0.520. The smallest absolute Gasteiger partial charge is 0.407 e. The highest BCUT2D eigenvalue weighted by molar-refractivity contribution is 5.91. The maximum Gasteiger partial charge on any atom is 0.407 e. The van der Waals surface area contributed by atoms with Gasteiger partial charge in [0, 0.05) is 35.5 Å². The van der Waals surface area contributed by atoms with Crippen molar-refractivity contribution in [2.75, 3.05) is 11.9 Å². The molecule has 1 heterocycles. The lowest BCUT2D eigenvalue weighted by Crippen LogP contribution is -2.36. The topological polar surface area (TPSA) is 138 Å². The monoisotopic (exact) mass is 483 g/mol. The van der Waals surface area contributed by atoms with E-state index in [2.05, 4.69) is 25.8 Å². The van der Waals surface area contributed by atoms with E-state index in [4.69, 9.17) is 9.47 Å². The number of alkyl carbamates (subject to hydrolysis) is 1. The van der Waals surface area contributed by atoms with Gasteiger partial charge in [-0.2, -0.15) is 5.10 Å². The van der Waals surface area contributed by atoms with Gasteiger partial charge in [-0.15, -0.1) is 0 Å². The van der Waals surface area contributed by atoms with Crippen molar-refractivity contribution < 1.29 is 24.2 Å². The molecule has 0 unspecified atom stereocenters. The third-order valence-electron chi connectivity index (χ3n) is 6.27. The molecule has 1 aromatic carbocycles. The van der Waals surface area contributed by atoms with E-state index in [-0.39, 0.29) is 48.0 Å². The molecule has 0 saturated heterocycles. The van der Waals surface area contributed by atoms with Gasteiger partial charge in [0.2, 0.25) is 0 Å². The number of phenolic OH excluding ortho intramolecular Hbond substituents is 1. The number of nitrogens with one attached hydrogen (secondary N) is 3. The minimum absolute atomic E-state index is 0.0299. The molecule has 10 nitrogen and oxygen atoms in total. The summed E-state index contributed by atoms with van der Waals surface area (Å²) in [7, 11) is 0. The van der Waals surface area contributed by atoms with Gasteiger partial charge in [0.1, 0.15) is 17.6 Å². The first-order valence-corrected chi connectivity index (χ1v) is 12.0. The molecular formula is C25H33N5O5. The predicted molar refractivity (Wildman–Crippen MR) is 131 cm³/mol. The van der Waals surface area contributed by atoms with Crippen LogP contribution in [0.4, 0.5) is 10.6 Å². The van der Waals surface area contributed by atoms with Gasteiger partial charge in [-0.05, 0) is 65.0 Å². The Bertz CT molecular complexity index is 1090. The standard InChI is InChI=1S/C25H33N5O5/c1-15(2)26-13-18-20(31)5-4-6-21(18)34-14-23(32)27-22-12-19(29-30-22)16-7-8-17(11-16)35-24(33)28-25(3)9-10-25/h4-6,12-13,15-17,31H,7-11,14H2,1-3H3,(H,28,33)(H2,27,29,30,32)/b26-13+/t16-,17+/m0/s1. The number of rotatable bonds is 9. The average molecular weight is 484 g/mol. The number of aromatic hydroxyl groups is 1. The molecule has 4 rings (SSSR count).